The molecule has 1 heterocycles. The Morgan fingerprint density at radius 1 is 0.897 bits per heavy atom. The van der Waals surface area contributed by atoms with Crippen molar-refractivity contribution in [2.45, 2.75) is 0 Å². The first-order valence-electron chi connectivity index (χ1n) is 9.09. The minimum Gasteiger partial charge on any atom is -0.250 e. The summed E-state index contributed by atoms with van der Waals surface area (Å²) < 4.78 is 2.06. The first kappa shape index (κ1) is 17.8. The number of nitrogens with one attached hydrogen (secondary N) is 1. The Bertz CT molecular complexity index is 1380. The number of H-pyrrole nitrogens is 1. The summed E-state index contributed by atoms with van der Waals surface area (Å²) in [5.74, 6) is 0.632. The molecule has 0 amide bonds. The van der Waals surface area contributed by atoms with Crippen molar-refractivity contribution in [1.82, 2.24) is 14.9 Å². The first-order chi connectivity index (χ1) is 14.2. The summed E-state index contributed by atoms with van der Waals surface area (Å²) in [6.45, 7) is 0. The lowest BCUT2D eigenvalue weighted by molar-refractivity contribution is 0.872. The molecule has 5 aromatic rings. The van der Waals surface area contributed by atoms with Crippen LogP contribution in [-0.4, -0.2) is 21.1 Å². The molecule has 0 aliphatic carbocycles. The topological polar surface area (TPSA) is 46.0 Å². The molecule has 0 spiro atoms. The van der Waals surface area contributed by atoms with E-state index < -0.39 is 0 Å². The molecule has 0 bridgehead atoms. The molecule has 0 saturated heterocycles. The normalized spacial score (nSPS) is 11.6. The minimum atomic E-state index is 0.427. The SMILES string of the molecule is S=c1[nH]nc(-c2ccc(Cl)cc2)n1N=Cc1c2ccccc2cc2ccccc12. The number of halogens is 1. The quantitative estimate of drug-likeness (QED) is 0.209. The average Bonchev–Trinajstić information content (AvgIpc) is 3.12. The van der Waals surface area contributed by atoms with E-state index >= 15 is 0 Å². The van der Waals surface area contributed by atoms with Crippen molar-refractivity contribution in [2.24, 2.45) is 5.10 Å². The van der Waals surface area contributed by atoms with E-state index in [4.69, 9.17) is 28.9 Å². The maximum absolute atomic E-state index is 6.01. The highest BCUT2D eigenvalue weighted by atomic mass is 35.5. The van der Waals surface area contributed by atoms with Gasteiger partial charge in [-0.3, -0.25) is 0 Å². The lowest BCUT2D eigenvalue weighted by Gasteiger charge is -2.08. The van der Waals surface area contributed by atoms with Gasteiger partial charge in [0.15, 0.2) is 5.82 Å². The van der Waals surface area contributed by atoms with Crippen LogP contribution in [0.3, 0.4) is 0 Å². The van der Waals surface area contributed by atoms with Crippen LogP contribution in [0.5, 0.6) is 0 Å². The molecule has 0 atom stereocenters. The standard InChI is InChI=1S/C23H15ClN4S/c24-18-11-9-15(10-12-18)22-26-27-23(29)28(22)25-14-21-19-7-3-1-5-16(19)13-17-6-2-4-8-20(17)21/h1-14H,(H,27,29). The Labute approximate surface area is 177 Å². The van der Waals surface area contributed by atoms with Crippen LogP contribution in [0.25, 0.3) is 32.9 Å². The van der Waals surface area contributed by atoms with Gasteiger partial charge in [-0.2, -0.15) is 14.9 Å². The number of benzene rings is 4. The molecule has 29 heavy (non-hydrogen) atoms. The number of rotatable bonds is 3. The molecular weight excluding hydrogens is 400 g/mol. The Morgan fingerprint density at radius 3 is 2.17 bits per heavy atom. The average molecular weight is 415 g/mol. The van der Waals surface area contributed by atoms with E-state index in [-0.39, 0.29) is 0 Å². The lowest BCUT2D eigenvalue weighted by Crippen LogP contribution is -1.96. The molecule has 0 radical (unpaired) electrons. The van der Waals surface area contributed by atoms with Crippen LogP contribution >= 0.6 is 23.8 Å². The predicted octanol–water partition coefficient (Wildman–Crippen LogP) is 6.45. The Morgan fingerprint density at radius 2 is 1.52 bits per heavy atom. The fourth-order valence-electron chi connectivity index (χ4n) is 3.49. The summed E-state index contributed by atoms with van der Waals surface area (Å²) in [4.78, 5) is 0. The maximum atomic E-state index is 6.01. The van der Waals surface area contributed by atoms with E-state index in [2.05, 4.69) is 40.5 Å². The zero-order valence-electron chi connectivity index (χ0n) is 15.2. The summed E-state index contributed by atoms with van der Waals surface area (Å²) in [6, 6.07) is 26.2. The zero-order chi connectivity index (χ0) is 19.8. The van der Waals surface area contributed by atoms with Gasteiger partial charge in [0.05, 0.1) is 6.21 Å². The number of fused-ring (bicyclic) bond motifs is 2. The van der Waals surface area contributed by atoms with E-state index in [1.54, 1.807) is 4.68 Å². The molecule has 0 fully saturated rings. The second-order valence-corrected chi connectivity index (χ2v) is 7.47. The summed E-state index contributed by atoms with van der Waals surface area (Å²) in [5, 5.41) is 17.1. The second-order valence-electron chi connectivity index (χ2n) is 6.65. The van der Waals surface area contributed by atoms with E-state index in [0.29, 0.717) is 15.6 Å². The van der Waals surface area contributed by atoms with Gasteiger partial charge < -0.3 is 0 Å². The van der Waals surface area contributed by atoms with Crippen molar-refractivity contribution in [2.75, 3.05) is 0 Å². The molecule has 0 aliphatic heterocycles. The molecule has 0 aliphatic rings. The van der Waals surface area contributed by atoms with E-state index in [1.165, 1.54) is 10.8 Å². The van der Waals surface area contributed by atoms with Crippen LogP contribution in [0.2, 0.25) is 5.02 Å². The third-order valence-electron chi connectivity index (χ3n) is 4.87. The molecule has 140 valence electrons. The molecule has 0 unspecified atom stereocenters. The van der Waals surface area contributed by atoms with Crippen LogP contribution in [0.15, 0.2) is 84.0 Å². The highest BCUT2D eigenvalue weighted by molar-refractivity contribution is 7.71. The minimum absolute atomic E-state index is 0.427. The summed E-state index contributed by atoms with van der Waals surface area (Å²) >= 11 is 11.4. The molecule has 0 saturated carbocycles. The molecule has 1 aromatic heterocycles. The third-order valence-corrected chi connectivity index (χ3v) is 5.38. The van der Waals surface area contributed by atoms with Crippen molar-refractivity contribution < 1.29 is 0 Å². The van der Waals surface area contributed by atoms with Crippen LogP contribution in [0, 0.1) is 4.77 Å². The van der Waals surface area contributed by atoms with Crippen molar-refractivity contribution in [3.8, 4) is 11.4 Å². The Balaban J connectivity index is 1.70. The fraction of sp³-hybridized carbons (Fsp3) is 0. The van der Waals surface area contributed by atoms with Gasteiger partial charge in [-0.15, -0.1) is 0 Å². The monoisotopic (exact) mass is 414 g/mol. The van der Waals surface area contributed by atoms with Crippen molar-refractivity contribution in [1.29, 1.82) is 0 Å². The summed E-state index contributed by atoms with van der Waals surface area (Å²) in [7, 11) is 0. The number of aromatic nitrogens is 3. The highest BCUT2D eigenvalue weighted by Gasteiger charge is 2.09. The first-order valence-corrected chi connectivity index (χ1v) is 9.87. The molecule has 4 aromatic carbocycles. The lowest BCUT2D eigenvalue weighted by atomic mass is 9.97. The third kappa shape index (κ3) is 3.24. The van der Waals surface area contributed by atoms with Gasteiger partial charge in [0.2, 0.25) is 4.77 Å². The van der Waals surface area contributed by atoms with Gasteiger partial charge in [0.25, 0.3) is 0 Å². The zero-order valence-corrected chi connectivity index (χ0v) is 16.8. The predicted molar refractivity (Wildman–Crippen MR) is 122 cm³/mol. The van der Waals surface area contributed by atoms with E-state index in [9.17, 15) is 0 Å². The van der Waals surface area contributed by atoms with Crippen LogP contribution < -0.4 is 0 Å². The van der Waals surface area contributed by atoms with Gasteiger partial charge in [0.1, 0.15) is 0 Å². The molecule has 1 N–H and O–H groups in total. The summed E-state index contributed by atoms with van der Waals surface area (Å²) in [5.41, 5.74) is 1.92. The van der Waals surface area contributed by atoms with Gasteiger partial charge in [0, 0.05) is 16.1 Å². The van der Waals surface area contributed by atoms with Crippen LogP contribution in [0.1, 0.15) is 5.56 Å². The van der Waals surface area contributed by atoms with Crippen molar-refractivity contribution in [3.63, 3.8) is 0 Å². The van der Waals surface area contributed by atoms with E-state index in [0.717, 1.165) is 21.9 Å². The summed E-state index contributed by atoms with van der Waals surface area (Å²) in [6.07, 6.45) is 1.86. The molecule has 4 nitrogen and oxygen atoms in total. The smallest absolute Gasteiger partial charge is 0.216 e. The highest BCUT2D eigenvalue weighted by Crippen LogP contribution is 2.27. The second kappa shape index (κ2) is 7.28. The van der Waals surface area contributed by atoms with Gasteiger partial charge in [-0.05, 0) is 64.1 Å². The fourth-order valence-corrected chi connectivity index (χ4v) is 3.79. The van der Waals surface area contributed by atoms with Crippen LogP contribution in [0.4, 0.5) is 0 Å². The number of hydrogen-bond acceptors (Lipinski definition) is 3. The molecular formula is C23H15ClN4S. The molecule has 5 rings (SSSR count). The van der Waals surface area contributed by atoms with Gasteiger partial charge in [-0.1, -0.05) is 60.1 Å². The van der Waals surface area contributed by atoms with Crippen LogP contribution in [-0.2, 0) is 0 Å². The number of aromatic amines is 1. The Kier molecular flexibility index (Phi) is 4.46. The largest absolute Gasteiger partial charge is 0.250 e. The van der Waals surface area contributed by atoms with Crippen molar-refractivity contribution >= 4 is 51.6 Å². The van der Waals surface area contributed by atoms with E-state index in [1.807, 2.05) is 54.7 Å². The molecule has 6 heteroatoms. The number of hydrogen-bond donors (Lipinski definition) is 1. The maximum Gasteiger partial charge on any atom is 0.216 e. The Hall–Kier alpha value is -3.28. The van der Waals surface area contributed by atoms with Crippen molar-refractivity contribution in [3.05, 3.63) is 94.2 Å². The number of nitrogens with zero attached hydrogens (tertiary/aromatic N) is 3. The van der Waals surface area contributed by atoms with Gasteiger partial charge in [-0.25, -0.2) is 5.10 Å². The van der Waals surface area contributed by atoms with Gasteiger partial charge >= 0.3 is 0 Å².